The number of methoxy groups -OCH3 is 2. The van der Waals surface area contributed by atoms with E-state index in [0.29, 0.717) is 5.75 Å². The number of hydrogen-bond donors (Lipinski definition) is 2. The van der Waals surface area contributed by atoms with Crippen molar-refractivity contribution in [2.24, 2.45) is 0 Å². The second kappa shape index (κ2) is 13.1. The molecule has 0 bridgehead atoms. The molecule has 0 fully saturated rings. The molecule has 0 aromatic heterocycles. The number of sulfonamides is 2. The van der Waals surface area contributed by atoms with E-state index >= 15 is 0 Å². The van der Waals surface area contributed by atoms with Gasteiger partial charge in [-0.05, 0) is 67.6 Å². The first kappa shape index (κ1) is 32.0. The highest BCUT2D eigenvalue weighted by atomic mass is 35.5. The molecule has 4 aromatic carbocycles. The van der Waals surface area contributed by atoms with E-state index < -0.39 is 32.5 Å². The minimum absolute atomic E-state index is 0.0115. The summed E-state index contributed by atoms with van der Waals surface area (Å²) < 4.78 is 67.1. The van der Waals surface area contributed by atoms with Crippen LogP contribution >= 0.6 is 23.2 Å². The van der Waals surface area contributed by atoms with E-state index in [1.807, 2.05) is 6.92 Å². The number of anilines is 3. The molecule has 2 N–H and O–H groups in total. The maximum absolute atomic E-state index is 13.7. The first-order valence-electron chi connectivity index (χ1n) is 12.5. The summed E-state index contributed by atoms with van der Waals surface area (Å²) in [5.74, 6) is -0.0237. The first-order chi connectivity index (χ1) is 20.3. The number of nitrogens with zero attached hydrogens (tertiary/aromatic N) is 1. The van der Waals surface area contributed by atoms with Crippen LogP contribution in [-0.4, -0.2) is 43.5 Å². The van der Waals surface area contributed by atoms with Crippen LogP contribution in [0.1, 0.15) is 5.56 Å². The Labute approximate surface area is 260 Å². The first-order valence-corrected chi connectivity index (χ1v) is 16.2. The van der Waals surface area contributed by atoms with Gasteiger partial charge in [0.1, 0.15) is 6.54 Å². The molecule has 0 aliphatic heterocycles. The molecule has 0 heterocycles. The molecular formula is C29H27Cl2N3O7S2. The molecular weight excluding hydrogens is 637 g/mol. The molecule has 0 radical (unpaired) electrons. The maximum Gasteiger partial charge on any atom is 0.264 e. The van der Waals surface area contributed by atoms with Crippen molar-refractivity contribution < 1.29 is 31.1 Å². The predicted molar refractivity (Wildman–Crippen MR) is 168 cm³/mol. The van der Waals surface area contributed by atoms with Crippen molar-refractivity contribution in [1.29, 1.82) is 0 Å². The zero-order valence-electron chi connectivity index (χ0n) is 23.2. The lowest BCUT2D eigenvalue weighted by Crippen LogP contribution is -2.38. The molecule has 0 atom stereocenters. The molecule has 43 heavy (non-hydrogen) atoms. The van der Waals surface area contributed by atoms with Gasteiger partial charge in [-0.25, -0.2) is 16.8 Å². The lowest BCUT2D eigenvalue weighted by Gasteiger charge is -2.25. The smallest absolute Gasteiger partial charge is 0.264 e. The Morgan fingerprint density at radius 2 is 1.44 bits per heavy atom. The number of halogens is 2. The molecule has 4 aromatic rings. The van der Waals surface area contributed by atoms with Crippen LogP contribution in [0, 0.1) is 6.92 Å². The largest absolute Gasteiger partial charge is 0.493 e. The second-order valence-corrected chi connectivity index (χ2v) is 13.5. The quantitative estimate of drug-likeness (QED) is 0.203. The topological polar surface area (TPSA) is 131 Å². The zero-order chi connectivity index (χ0) is 31.4. The zero-order valence-corrected chi connectivity index (χ0v) is 26.3. The highest BCUT2D eigenvalue weighted by Crippen LogP contribution is 2.34. The molecule has 4 rings (SSSR count). The van der Waals surface area contributed by atoms with Gasteiger partial charge in [0.05, 0.1) is 45.4 Å². The molecule has 10 nitrogen and oxygen atoms in total. The minimum atomic E-state index is -4.20. The van der Waals surface area contributed by atoms with E-state index in [1.165, 1.54) is 80.9 Å². The van der Waals surface area contributed by atoms with Crippen molar-refractivity contribution in [3.05, 3.63) is 101 Å². The molecule has 14 heteroatoms. The van der Waals surface area contributed by atoms with Gasteiger partial charge in [-0.1, -0.05) is 47.0 Å². The Hall–Kier alpha value is -3.97. The Balaban J connectivity index is 1.58. The standard InChI is InChI=1S/C29H27Cl2N3O7S2/c1-19-7-12-23(13-8-19)43(38,39)34(21-11-16-26(40-2)27(17-21)41-3)18-28(35)32-20-9-14-22(15-10-20)42(36,37)33-25-6-4-5-24(30)29(25)31/h4-17,33H,18H2,1-3H3,(H,32,35). The molecule has 0 saturated heterocycles. The Morgan fingerprint density at radius 1 is 0.814 bits per heavy atom. The number of ether oxygens (including phenoxy) is 2. The van der Waals surface area contributed by atoms with E-state index in [4.69, 9.17) is 32.7 Å². The van der Waals surface area contributed by atoms with Gasteiger partial charge in [-0.2, -0.15) is 0 Å². The molecule has 1 amide bonds. The van der Waals surface area contributed by atoms with Crippen molar-refractivity contribution >= 4 is 66.2 Å². The fourth-order valence-corrected chi connectivity index (χ4v) is 6.86. The van der Waals surface area contributed by atoms with Gasteiger partial charge in [0.25, 0.3) is 20.0 Å². The van der Waals surface area contributed by atoms with E-state index in [2.05, 4.69) is 10.0 Å². The average molecular weight is 665 g/mol. The van der Waals surface area contributed by atoms with Crippen LogP contribution in [0.25, 0.3) is 0 Å². The predicted octanol–water partition coefficient (Wildman–Crippen LogP) is 5.95. The van der Waals surface area contributed by atoms with Crippen molar-refractivity contribution in [2.45, 2.75) is 16.7 Å². The normalized spacial score (nSPS) is 11.5. The van der Waals surface area contributed by atoms with Crippen LogP contribution in [0.4, 0.5) is 17.1 Å². The summed E-state index contributed by atoms with van der Waals surface area (Å²) in [5, 5.41) is 2.85. The molecule has 0 aliphatic rings. The van der Waals surface area contributed by atoms with E-state index in [1.54, 1.807) is 18.2 Å². The van der Waals surface area contributed by atoms with Crippen LogP contribution in [0.15, 0.2) is 94.7 Å². The van der Waals surface area contributed by atoms with Gasteiger partial charge in [0.15, 0.2) is 11.5 Å². The minimum Gasteiger partial charge on any atom is -0.493 e. The van der Waals surface area contributed by atoms with Gasteiger partial charge < -0.3 is 14.8 Å². The highest BCUT2D eigenvalue weighted by Gasteiger charge is 2.28. The van der Waals surface area contributed by atoms with Crippen LogP contribution in [0.3, 0.4) is 0 Å². The van der Waals surface area contributed by atoms with Gasteiger partial charge in [-0.3, -0.25) is 13.8 Å². The summed E-state index contributed by atoms with van der Waals surface area (Å²) in [5.41, 5.74) is 1.38. The van der Waals surface area contributed by atoms with E-state index in [0.717, 1.165) is 9.87 Å². The molecule has 0 spiro atoms. The second-order valence-electron chi connectivity index (χ2n) is 9.14. The Bertz CT molecular complexity index is 1850. The molecule has 0 aliphatic carbocycles. The number of benzene rings is 4. The lowest BCUT2D eigenvalue weighted by molar-refractivity contribution is -0.114. The van der Waals surface area contributed by atoms with Gasteiger partial charge in [-0.15, -0.1) is 0 Å². The van der Waals surface area contributed by atoms with Crippen molar-refractivity contribution in [3.8, 4) is 11.5 Å². The molecule has 226 valence electrons. The summed E-state index contributed by atoms with van der Waals surface area (Å²) in [7, 11) is -5.37. The maximum atomic E-state index is 13.7. The third-order valence-corrected chi connectivity index (χ3v) is 10.2. The number of carbonyl (C=O) groups excluding carboxylic acids is 1. The monoisotopic (exact) mass is 663 g/mol. The molecule has 0 saturated carbocycles. The van der Waals surface area contributed by atoms with Crippen molar-refractivity contribution in [3.63, 3.8) is 0 Å². The fourth-order valence-electron chi connectivity index (χ4n) is 3.97. The SMILES string of the molecule is COc1ccc(N(CC(=O)Nc2ccc(S(=O)(=O)Nc3cccc(Cl)c3Cl)cc2)S(=O)(=O)c2ccc(C)cc2)cc1OC. The van der Waals surface area contributed by atoms with Gasteiger partial charge >= 0.3 is 0 Å². The number of nitrogens with one attached hydrogen (secondary N) is 2. The number of rotatable bonds is 11. The number of aryl methyl sites for hydroxylation is 1. The summed E-state index contributed by atoms with van der Waals surface area (Å²) in [6, 6.07) is 20.6. The van der Waals surface area contributed by atoms with Gasteiger partial charge in [0.2, 0.25) is 5.91 Å². The van der Waals surface area contributed by atoms with Crippen molar-refractivity contribution in [1.82, 2.24) is 0 Å². The van der Waals surface area contributed by atoms with Crippen LogP contribution in [-0.2, 0) is 24.8 Å². The average Bonchev–Trinajstić information content (AvgIpc) is 2.98. The van der Waals surface area contributed by atoms with Crippen LogP contribution in [0.5, 0.6) is 11.5 Å². The van der Waals surface area contributed by atoms with Crippen molar-refractivity contribution in [2.75, 3.05) is 35.1 Å². The number of hydrogen-bond acceptors (Lipinski definition) is 7. The lowest BCUT2D eigenvalue weighted by atomic mass is 10.2. The van der Waals surface area contributed by atoms with E-state index in [9.17, 15) is 21.6 Å². The summed E-state index contributed by atoms with van der Waals surface area (Å²) in [6.45, 7) is 1.23. The third-order valence-electron chi connectivity index (χ3n) is 6.20. The number of carbonyl (C=O) groups is 1. The van der Waals surface area contributed by atoms with Crippen LogP contribution in [0.2, 0.25) is 10.0 Å². The van der Waals surface area contributed by atoms with Gasteiger partial charge in [0, 0.05) is 11.8 Å². The Kier molecular flexibility index (Phi) is 9.75. The number of amides is 1. The Morgan fingerprint density at radius 3 is 2.07 bits per heavy atom. The third kappa shape index (κ3) is 7.34. The summed E-state index contributed by atoms with van der Waals surface area (Å²) >= 11 is 12.1. The fraction of sp³-hybridized carbons (Fsp3) is 0.138. The van der Waals surface area contributed by atoms with E-state index in [-0.39, 0.29) is 42.6 Å². The summed E-state index contributed by atoms with van der Waals surface area (Å²) in [6.07, 6.45) is 0. The summed E-state index contributed by atoms with van der Waals surface area (Å²) in [4.78, 5) is 13.1. The molecule has 0 unspecified atom stereocenters. The highest BCUT2D eigenvalue weighted by molar-refractivity contribution is 7.93. The van der Waals surface area contributed by atoms with Crippen LogP contribution < -0.4 is 23.8 Å².